The van der Waals surface area contributed by atoms with Crippen LogP contribution in [-0.2, 0) is 68.5 Å². The van der Waals surface area contributed by atoms with Gasteiger partial charge in [-0.15, -0.1) is 0 Å². The van der Waals surface area contributed by atoms with Crippen molar-refractivity contribution in [3.63, 3.8) is 0 Å². The third-order valence-corrected chi connectivity index (χ3v) is 25.3. The van der Waals surface area contributed by atoms with E-state index in [9.17, 15) is 85.9 Å². The maximum atomic E-state index is 17.2. The normalized spacial score (nSPS) is 28.2. The second-order valence-corrected chi connectivity index (χ2v) is 35.9. The van der Waals surface area contributed by atoms with Gasteiger partial charge in [0.1, 0.15) is 162 Å². The number of carbonyl (C=O) groups excluding carboxylic acids is 9. The Hall–Kier alpha value is -12.1. The van der Waals surface area contributed by atoms with Gasteiger partial charge in [0.2, 0.25) is 71.5 Å². The Labute approximate surface area is 798 Å². The second kappa shape index (κ2) is 43.9. The first-order chi connectivity index (χ1) is 65.8. The molecule has 9 amide bonds. The highest BCUT2D eigenvalue weighted by Gasteiger charge is 2.53. The van der Waals surface area contributed by atoms with Crippen molar-refractivity contribution in [1.29, 1.82) is 0 Å². The number of fused-ring (bicyclic) bond motifs is 14. The Morgan fingerprint density at radius 2 is 1.09 bits per heavy atom. The van der Waals surface area contributed by atoms with E-state index in [1.165, 1.54) is 43.4 Å². The number of ether oxygens (including phenoxy) is 9. The minimum atomic E-state index is -2.52. The molecule has 3 saturated heterocycles. The molecule has 17 bridgehead atoms. The number of rotatable bonds is 23. The zero-order valence-electron chi connectivity index (χ0n) is 74.9. The average molecular weight is 1960 g/mol. The van der Waals surface area contributed by atoms with Gasteiger partial charge in [0.15, 0.2) is 29.3 Å². The highest BCUT2D eigenvalue weighted by Crippen LogP contribution is 2.51. The summed E-state index contributed by atoms with van der Waals surface area (Å²) in [6, 6.07) is 2.01. The summed E-state index contributed by atoms with van der Waals surface area (Å²) in [5.41, 5.74) is 3.46. The zero-order valence-corrected chi connectivity index (χ0v) is 76.4. The number of phenolic OH excluding ortho intramolecular Hbond substituents is 4. The number of unbranched alkanes of at least 4 members (excludes halogenated alkanes) is 3. The first-order valence-corrected chi connectivity index (χ1v) is 45.3. The van der Waals surface area contributed by atoms with E-state index in [1.807, 2.05) is 0 Å². The molecule has 742 valence electrons. The van der Waals surface area contributed by atoms with Gasteiger partial charge in [-0.25, -0.2) is 0 Å². The van der Waals surface area contributed by atoms with Gasteiger partial charge in [-0.05, 0) is 150 Å². The zero-order chi connectivity index (χ0) is 99.3. The molecule has 0 radical (unpaired) electrons. The number of nitrogens with two attached hydrogens (primary N) is 1. The van der Waals surface area contributed by atoms with Gasteiger partial charge in [0, 0.05) is 56.6 Å². The molecule has 43 nitrogen and oxygen atoms in total. The number of aliphatic hydroxyl groups excluding tert-OH is 10. The Bertz CT molecular complexity index is 5710. The summed E-state index contributed by atoms with van der Waals surface area (Å²) in [4.78, 5) is 143. The third kappa shape index (κ3) is 22.6. The number of benzene rings is 7. The van der Waals surface area contributed by atoms with E-state index in [0.29, 0.717) is 18.8 Å². The Balaban J connectivity index is 1.05. The molecule has 9 heterocycles. The van der Waals surface area contributed by atoms with Crippen LogP contribution in [0.2, 0.25) is 10.0 Å². The van der Waals surface area contributed by atoms with Crippen LogP contribution >= 0.6 is 23.2 Å². The van der Waals surface area contributed by atoms with Crippen LogP contribution < -0.4 is 77.3 Å². The van der Waals surface area contributed by atoms with E-state index in [-0.39, 0.29) is 70.5 Å². The molecule has 0 unspecified atom stereocenters. The molecule has 23 atom stereocenters. The summed E-state index contributed by atoms with van der Waals surface area (Å²) in [7, 11) is 2.95. The minimum absolute atomic E-state index is 0.0335. The number of nitrogens with zero attached hydrogens (tertiary/aromatic N) is 1. The van der Waals surface area contributed by atoms with E-state index in [0.717, 1.165) is 110 Å². The Morgan fingerprint density at radius 1 is 0.522 bits per heavy atom. The topological polar surface area (TPSA) is 657 Å². The number of aromatic hydroxyl groups is 4. The molecule has 0 aromatic heterocycles. The van der Waals surface area contributed by atoms with Crippen LogP contribution in [0, 0.1) is 5.92 Å². The number of phenols is 4. The molecular formula is C93H109Cl2N11O32. The lowest BCUT2D eigenvalue weighted by Crippen LogP contribution is -2.65. The average Bonchev–Trinajstić information content (AvgIpc) is 0.752. The van der Waals surface area contributed by atoms with Crippen LogP contribution in [-0.4, -0.2) is 281 Å². The number of hydrogen-bond donors (Lipinski definition) is 24. The molecule has 9 aliphatic rings. The summed E-state index contributed by atoms with van der Waals surface area (Å²) in [6.45, 7) is 2.23. The molecule has 138 heavy (non-hydrogen) atoms. The van der Waals surface area contributed by atoms with Crippen molar-refractivity contribution in [2.75, 3.05) is 47.0 Å². The van der Waals surface area contributed by atoms with Crippen molar-refractivity contribution in [1.82, 2.24) is 52.8 Å². The fraction of sp³-hybridized carbons (Fsp3) is 0.452. The smallest absolute Gasteiger partial charge is 0.249 e. The number of amides is 9. The van der Waals surface area contributed by atoms with Crippen molar-refractivity contribution < 1.29 is 157 Å². The summed E-state index contributed by atoms with van der Waals surface area (Å²) in [6.07, 6.45) is -25.4. The van der Waals surface area contributed by atoms with E-state index in [2.05, 4.69) is 61.7 Å². The molecule has 7 aromatic carbocycles. The van der Waals surface area contributed by atoms with Crippen LogP contribution in [0.3, 0.4) is 0 Å². The van der Waals surface area contributed by atoms with Crippen molar-refractivity contribution in [3.8, 4) is 80.1 Å². The number of hydrogen-bond acceptors (Lipinski definition) is 34. The Kier molecular flexibility index (Phi) is 32.4. The molecule has 9 aliphatic heterocycles. The van der Waals surface area contributed by atoms with E-state index in [1.54, 1.807) is 7.05 Å². The van der Waals surface area contributed by atoms with Crippen molar-refractivity contribution in [2.24, 2.45) is 11.7 Å². The third-order valence-electron chi connectivity index (χ3n) is 24.7. The molecule has 16 rings (SSSR count). The monoisotopic (exact) mass is 1960 g/mol. The largest absolute Gasteiger partial charge is 0.508 e. The van der Waals surface area contributed by atoms with Crippen molar-refractivity contribution >= 4 is 76.4 Å². The number of aliphatic hydroxyl groups is 10. The van der Waals surface area contributed by atoms with E-state index in [4.69, 9.17) is 71.6 Å². The molecule has 7 aromatic rings. The van der Waals surface area contributed by atoms with Crippen LogP contribution in [0.25, 0.3) is 11.1 Å². The van der Waals surface area contributed by atoms with Crippen molar-refractivity contribution in [2.45, 2.75) is 213 Å². The van der Waals surface area contributed by atoms with E-state index >= 15 is 28.8 Å². The van der Waals surface area contributed by atoms with Crippen LogP contribution in [0.4, 0.5) is 0 Å². The summed E-state index contributed by atoms with van der Waals surface area (Å²) < 4.78 is 58.3. The van der Waals surface area contributed by atoms with Crippen molar-refractivity contribution in [3.05, 3.63) is 164 Å². The van der Waals surface area contributed by atoms with E-state index < -0.39 is 304 Å². The lowest BCUT2D eigenvalue weighted by Gasteiger charge is -2.44. The molecule has 45 heteroatoms. The maximum Gasteiger partial charge on any atom is 0.249 e. The SMILES string of the molecule is CNCCCN(C)C(=O)[C@H]1NC(=O)[C@H]2NC(=O)[C@H](NC(=O)[C@@H]3NC(=O)[C@H]4NC(=O)[C@@H](Cc5ccc(c(Cl)c5)Oc5cc3cc(c5O[C@@H]3O[C@@H](CO)[C@@H](O)[C@H](O)[C@@H]3NC(=O)CCCCCCC(C)C)Oc3ccc(cc3Cl)[C@H]2O[C@@H]2O[C@@H](CO)[C@@H](O)[C@H](O)[C@@H]2NC(C)=O)NC(=O)[C@H](N)c2ccc(O)c(c2)Oc2cc(O)cc4c2)c2ccc(O)c(c2)-c2c(O[C@H]3O[C@H](CO)[C@@H](O)[C@@H](O)[C@@H]3O)cc(O)cc21. The van der Waals surface area contributed by atoms with Gasteiger partial charge >= 0.3 is 0 Å². The minimum Gasteiger partial charge on any atom is -0.508 e. The lowest BCUT2D eigenvalue weighted by molar-refractivity contribution is -0.284. The van der Waals surface area contributed by atoms with Gasteiger partial charge in [0.25, 0.3) is 0 Å². The van der Waals surface area contributed by atoms with Gasteiger partial charge in [-0.1, -0.05) is 87.0 Å². The Morgan fingerprint density at radius 3 is 1.72 bits per heavy atom. The molecule has 0 saturated carbocycles. The maximum absolute atomic E-state index is 17.2. The van der Waals surface area contributed by atoms with Gasteiger partial charge in [-0.3, -0.25) is 43.2 Å². The first-order valence-electron chi connectivity index (χ1n) is 44.6. The quantitative estimate of drug-likeness (QED) is 0.0397. The summed E-state index contributed by atoms with van der Waals surface area (Å²) >= 11 is 14.9. The molecule has 0 aliphatic carbocycles. The molecule has 25 N–H and O–H groups in total. The highest BCUT2D eigenvalue weighted by molar-refractivity contribution is 6.32. The standard InChI is InChI=1S/C93H109Cl2N11O32/c1-38(2)11-8-6-7-9-12-65(115)100-73-79(120)76(117)63(36-108)135-92(73)138-83-60-30-45-31-61(83)132-57-20-16-43(28-52(57)95)82(137-91-72(98-39(3)110)78(119)75(116)62(35-107)134-91)74-89(128)104-71(90(129)106(5)22-10-21-97-4)50-33-47(112)34-59(133-93-81(122)80(121)77(118)64(37-109)136-93)66(50)49-27-42(15-17-54(49)113)68(86(125)105-74)102-88(127)70(45)103-87(126)69-44-25-46(111)32-48(26-44)130-58-29-41(14-18-55(58)114)67(96)85(124)99-53(84(123)101-69)24-40-13-19-56(131-60)51(94)23-40/h13-20,23,25-34,38,53,62-64,67-82,91-93,97,107-109,111-114,116-122H,6-12,21-22,24,35-37,96H2,1-5H3,(H,98,110)(H,99,124)(H,100,115)(H,101,123)(H,102,127)(H,103,126)(H,104,128)(H,105,125)/t53-,62+,63+,64-,67-,68-,69+,70-,71+,72+,73+,74+,75-,76-,77-,78-,79-,80-,81+,82-,91+,92+,93+/m1/s1. The molecule has 0 spiro atoms. The summed E-state index contributed by atoms with van der Waals surface area (Å²) in [5.74, 6) is -17.5. The van der Waals surface area contributed by atoms with Gasteiger partial charge < -0.3 is 173 Å². The van der Waals surface area contributed by atoms with Gasteiger partial charge in [-0.2, -0.15) is 0 Å². The fourth-order valence-corrected chi connectivity index (χ4v) is 17.8. The summed E-state index contributed by atoms with van der Waals surface area (Å²) in [5, 5.41) is 184. The highest BCUT2D eigenvalue weighted by atomic mass is 35.5. The van der Waals surface area contributed by atoms with Crippen LogP contribution in [0.15, 0.2) is 115 Å². The van der Waals surface area contributed by atoms with Gasteiger partial charge in [0.05, 0.1) is 29.9 Å². The second-order valence-electron chi connectivity index (χ2n) is 35.1. The molecular weight excluding hydrogens is 1850 g/mol. The van der Waals surface area contributed by atoms with Crippen LogP contribution in [0.1, 0.15) is 141 Å². The first kappa shape index (κ1) is 102. The number of nitrogens with one attached hydrogen (secondary N) is 9. The predicted molar refractivity (Wildman–Crippen MR) is 482 cm³/mol. The number of carbonyl (C=O) groups is 9. The number of likely N-dealkylation sites (N-methyl/N-ethyl adjacent to an activating group) is 1. The predicted octanol–water partition coefficient (Wildman–Crippen LogP) is 1.00. The fourth-order valence-electron chi connectivity index (χ4n) is 17.3. The lowest BCUT2D eigenvalue weighted by atomic mass is 9.89. The van der Waals surface area contributed by atoms with Crippen LogP contribution in [0.5, 0.6) is 69.0 Å². The number of halogens is 2. The molecule has 3 fully saturated rings.